The number of urea groups is 1. The van der Waals surface area contributed by atoms with Crippen LogP contribution in [-0.2, 0) is 4.79 Å². The van der Waals surface area contributed by atoms with Gasteiger partial charge in [0, 0.05) is 32.2 Å². The molecule has 110 valence electrons. The molecule has 1 heterocycles. The maximum Gasteiger partial charge on any atom is 0.321 e. The van der Waals surface area contributed by atoms with E-state index in [0.717, 1.165) is 26.1 Å². The van der Waals surface area contributed by atoms with Gasteiger partial charge in [0.1, 0.15) is 0 Å². The van der Waals surface area contributed by atoms with Crippen molar-refractivity contribution in [2.24, 2.45) is 5.92 Å². The van der Waals surface area contributed by atoms with E-state index in [9.17, 15) is 9.59 Å². The molecule has 0 bridgehead atoms. The molecule has 1 rings (SSSR count). The van der Waals surface area contributed by atoms with Gasteiger partial charge in [-0.3, -0.25) is 15.0 Å². The average molecular weight is 270 g/mol. The predicted molar refractivity (Wildman–Crippen MR) is 74.9 cm³/mol. The quantitative estimate of drug-likeness (QED) is 0.665. The summed E-state index contributed by atoms with van der Waals surface area (Å²) < 4.78 is 0. The lowest BCUT2D eigenvalue weighted by molar-refractivity contribution is -0.121. The Labute approximate surface area is 115 Å². The second kappa shape index (κ2) is 8.12. The minimum Gasteiger partial charge on any atom is -0.338 e. The lowest BCUT2D eigenvalue weighted by Gasteiger charge is -2.33. The monoisotopic (exact) mass is 270 g/mol. The van der Waals surface area contributed by atoms with Gasteiger partial charge in [0.2, 0.25) is 5.91 Å². The van der Waals surface area contributed by atoms with Crippen LogP contribution >= 0.6 is 0 Å². The Balaban J connectivity index is 2.20. The lowest BCUT2D eigenvalue weighted by Crippen LogP contribution is -2.53. The van der Waals surface area contributed by atoms with Crippen LogP contribution in [0.1, 0.15) is 27.2 Å². The SMILES string of the molecule is CC(C)CCNC(=O)NC(=O)CN1CCNC[C@@H]1C. The van der Waals surface area contributed by atoms with E-state index in [-0.39, 0.29) is 12.5 Å². The molecule has 0 radical (unpaired) electrons. The van der Waals surface area contributed by atoms with Crippen molar-refractivity contribution in [2.75, 3.05) is 32.7 Å². The molecule has 1 saturated heterocycles. The average Bonchev–Trinajstić information content (AvgIpc) is 2.31. The van der Waals surface area contributed by atoms with Crippen molar-refractivity contribution < 1.29 is 9.59 Å². The van der Waals surface area contributed by atoms with Gasteiger partial charge in [0.25, 0.3) is 0 Å². The molecule has 1 atom stereocenters. The van der Waals surface area contributed by atoms with Gasteiger partial charge in [-0.05, 0) is 19.3 Å². The number of hydrogen-bond donors (Lipinski definition) is 3. The fraction of sp³-hybridized carbons (Fsp3) is 0.846. The van der Waals surface area contributed by atoms with Gasteiger partial charge < -0.3 is 10.6 Å². The molecule has 3 N–H and O–H groups in total. The van der Waals surface area contributed by atoms with Gasteiger partial charge in [-0.25, -0.2) is 4.79 Å². The van der Waals surface area contributed by atoms with Crippen LogP contribution < -0.4 is 16.0 Å². The molecule has 19 heavy (non-hydrogen) atoms. The highest BCUT2D eigenvalue weighted by Crippen LogP contribution is 2.01. The van der Waals surface area contributed by atoms with E-state index < -0.39 is 6.03 Å². The van der Waals surface area contributed by atoms with Crippen LogP contribution in [0.25, 0.3) is 0 Å². The smallest absolute Gasteiger partial charge is 0.321 e. The van der Waals surface area contributed by atoms with Gasteiger partial charge in [0.15, 0.2) is 0 Å². The van der Waals surface area contributed by atoms with E-state index >= 15 is 0 Å². The van der Waals surface area contributed by atoms with Crippen molar-refractivity contribution in [3.63, 3.8) is 0 Å². The predicted octanol–water partition coefficient (Wildman–Crippen LogP) is 0.152. The molecule has 0 aromatic heterocycles. The number of carbonyl (C=O) groups excluding carboxylic acids is 2. The molecule has 3 amide bonds. The molecule has 0 saturated carbocycles. The number of rotatable bonds is 5. The maximum atomic E-state index is 11.7. The fourth-order valence-electron chi connectivity index (χ4n) is 1.99. The molecule has 1 fully saturated rings. The van der Waals surface area contributed by atoms with Crippen LogP contribution in [0.4, 0.5) is 4.79 Å². The Morgan fingerprint density at radius 2 is 2.16 bits per heavy atom. The number of hydrogen-bond acceptors (Lipinski definition) is 4. The van der Waals surface area contributed by atoms with Crippen molar-refractivity contribution in [1.82, 2.24) is 20.9 Å². The third-order valence-corrected chi connectivity index (χ3v) is 3.25. The summed E-state index contributed by atoms with van der Waals surface area (Å²) >= 11 is 0. The number of amides is 3. The van der Waals surface area contributed by atoms with E-state index in [1.807, 2.05) is 0 Å². The minimum atomic E-state index is -0.395. The highest BCUT2D eigenvalue weighted by molar-refractivity contribution is 5.95. The van der Waals surface area contributed by atoms with Crippen LogP contribution in [0.2, 0.25) is 0 Å². The second-order valence-corrected chi connectivity index (χ2v) is 5.51. The number of nitrogens with zero attached hydrogens (tertiary/aromatic N) is 1. The zero-order chi connectivity index (χ0) is 14.3. The first kappa shape index (κ1) is 15.9. The molecule has 0 aromatic rings. The van der Waals surface area contributed by atoms with Gasteiger partial charge in [-0.1, -0.05) is 13.8 Å². The summed E-state index contributed by atoms with van der Waals surface area (Å²) in [5, 5.41) is 8.33. The van der Waals surface area contributed by atoms with E-state index in [0.29, 0.717) is 18.5 Å². The third-order valence-electron chi connectivity index (χ3n) is 3.25. The van der Waals surface area contributed by atoms with Crippen molar-refractivity contribution in [3.05, 3.63) is 0 Å². The summed E-state index contributed by atoms with van der Waals surface area (Å²) in [5.74, 6) is 0.300. The molecular formula is C13H26N4O2. The van der Waals surface area contributed by atoms with Crippen LogP contribution in [0, 0.1) is 5.92 Å². The Kier molecular flexibility index (Phi) is 6.80. The standard InChI is InChI=1S/C13H26N4O2/c1-10(2)4-5-15-13(19)16-12(18)9-17-7-6-14-8-11(17)3/h10-11,14H,4-9H2,1-3H3,(H2,15,16,18,19)/t11-/m0/s1. The summed E-state index contributed by atoms with van der Waals surface area (Å²) in [5.41, 5.74) is 0. The van der Waals surface area contributed by atoms with Crippen LogP contribution in [0.5, 0.6) is 0 Å². The summed E-state index contributed by atoms with van der Waals surface area (Å²) in [7, 11) is 0. The third kappa shape index (κ3) is 6.54. The molecule has 1 aliphatic rings. The molecule has 6 nitrogen and oxygen atoms in total. The number of imide groups is 1. The normalized spacial score (nSPS) is 20.3. The van der Waals surface area contributed by atoms with Crippen molar-refractivity contribution in [1.29, 1.82) is 0 Å². The largest absolute Gasteiger partial charge is 0.338 e. The van der Waals surface area contributed by atoms with Crippen molar-refractivity contribution >= 4 is 11.9 Å². The summed E-state index contributed by atoms with van der Waals surface area (Å²) in [6.45, 7) is 9.74. The lowest BCUT2D eigenvalue weighted by atomic mass is 10.1. The molecule has 6 heteroatoms. The first-order valence-electron chi connectivity index (χ1n) is 7.01. The van der Waals surface area contributed by atoms with Crippen LogP contribution in [0.15, 0.2) is 0 Å². The van der Waals surface area contributed by atoms with Crippen molar-refractivity contribution in [3.8, 4) is 0 Å². The van der Waals surface area contributed by atoms with Crippen LogP contribution in [-0.4, -0.2) is 55.6 Å². The van der Waals surface area contributed by atoms with Gasteiger partial charge in [-0.2, -0.15) is 0 Å². The molecule has 0 unspecified atom stereocenters. The highest BCUT2D eigenvalue weighted by Gasteiger charge is 2.20. The Bertz CT molecular complexity index is 307. The van der Waals surface area contributed by atoms with E-state index in [1.54, 1.807) is 0 Å². The summed E-state index contributed by atoms with van der Waals surface area (Å²) in [4.78, 5) is 25.3. The fourth-order valence-corrected chi connectivity index (χ4v) is 1.99. The first-order valence-corrected chi connectivity index (χ1v) is 7.01. The van der Waals surface area contributed by atoms with Gasteiger partial charge in [0.05, 0.1) is 6.54 Å². The van der Waals surface area contributed by atoms with Crippen molar-refractivity contribution in [2.45, 2.75) is 33.2 Å². The zero-order valence-corrected chi connectivity index (χ0v) is 12.2. The zero-order valence-electron chi connectivity index (χ0n) is 12.2. The number of nitrogens with one attached hydrogen (secondary N) is 3. The first-order chi connectivity index (χ1) is 8.99. The second-order valence-electron chi connectivity index (χ2n) is 5.51. The highest BCUT2D eigenvalue weighted by atomic mass is 16.2. The molecule has 0 aliphatic carbocycles. The Hall–Kier alpha value is -1.14. The summed E-state index contributed by atoms with van der Waals surface area (Å²) in [6.07, 6.45) is 0.913. The van der Waals surface area contributed by atoms with Crippen LogP contribution in [0.3, 0.4) is 0 Å². The van der Waals surface area contributed by atoms with Gasteiger partial charge >= 0.3 is 6.03 Å². The molecule has 0 spiro atoms. The molecule has 0 aromatic carbocycles. The number of carbonyl (C=O) groups is 2. The van der Waals surface area contributed by atoms with E-state index in [4.69, 9.17) is 0 Å². The van der Waals surface area contributed by atoms with E-state index in [1.165, 1.54) is 0 Å². The summed E-state index contributed by atoms with van der Waals surface area (Å²) in [6, 6.07) is -0.0723. The molecular weight excluding hydrogens is 244 g/mol. The Morgan fingerprint density at radius 1 is 1.42 bits per heavy atom. The minimum absolute atomic E-state index is 0.240. The van der Waals surface area contributed by atoms with E-state index in [2.05, 4.69) is 41.6 Å². The maximum absolute atomic E-state index is 11.7. The topological polar surface area (TPSA) is 73.5 Å². The number of piperazine rings is 1. The molecule has 1 aliphatic heterocycles. The Morgan fingerprint density at radius 3 is 2.79 bits per heavy atom. The van der Waals surface area contributed by atoms with Gasteiger partial charge in [-0.15, -0.1) is 0 Å².